The number of pyridine rings is 2. The number of fused-ring (bicyclic) bond motifs is 5. The molecule has 3 aliphatic heterocycles. The third-order valence-electron chi connectivity index (χ3n) is 6.82. The Morgan fingerprint density at radius 3 is 2.84 bits per heavy atom. The van der Waals surface area contributed by atoms with E-state index in [2.05, 4.69) is 0 Å². The lowest BCUT2D eigenvalue weighted by atomic mass is 9.86. The second-order valence-electron chi connectivity index (χ2n) is 8.27. The van der Waals surface area contributed by atoms with Gasteiger partial charge in [0, 0.05) is 35.0 Å². The van der Waals surface area contributed by atoms with Crippen molar-refractivity contribution < 1.29 is 19.4 Å². The highest BCUT2D eigenvalue weighted by Crippen LogP contribution is 2.43. The SMILES string of the molecule is CCC1(O)C(=O)OCc2c1cc1n(c2=O)Cc2c-1nc1ccc(CN)c3c1c2CCO3. The second kappa shape index (κ2) is 6.15. The van der Waals surface area contributed by atoms with E-state index in [1.165, 1.54) is 0 Å². The monoisotopic (exact) mass is 419 g/mol. The number of rotatable bonds is 2. The molecule has 1 atom stereocenters. The first kappa shape index (κ1) is 18.5. The molecule has 0 fully saturated rings. The van der Waals surface area contributed by atoms with Gasteiger partial charge in [0.2, 0.25) is 0 Å². The van der Waals surface area contributed by atoms with Crippen molar-refractivity contribution in [1.29, 1.82) is 0 Å². The molecule has 0 spiro atoms. The number of carbonyl (C=O) groups is 1. The fourth-order valence-electron chi connectivity index (χ4n) is 5.13. The maximum absolute atomic E-state index is 13.4. The van der Waals surface area contributed by atoms with Crippen LogP contribution in [0.5, 0.6) is 5.75 Å². The van der Waals surface area contributed by atoms with Gasteiger partial charge in [0.15, 0.2) is 5.60 Å². The van der Waals surface area contributed by atoms with Crippen LogP contribution in [0.3, 0.4) is 0 Å². The predicted octanol–water partition coefficient (Wildman–Crippen LogP) is 1.47. The number of hydrogen-bond donors (Lipinski definition) is 2. The minimum Gasteiger partial charge on any atom is -0.492 e. The molecule has 8 heteroatoms. The van der Waals surface area contributed by atoms with Crippen LogP contribution in [0.15, 0.2) is 23.0 Å². The lowest BCUT2D eigenvalue weighted by Crippen LogP contribution is -2.44. The van der Waals surface area contributed by atoms with E-state index in [4.69, 9.17) is 20.2 Å². The minimum absolute atomic E-state index is 0.119. The van der Waals surface area contributed by atoms with Crippen LogP contribution in [0.25, 0.3) is 22.3 Å². The standard InChI is InChI=1S/C23H21N3O5/c1-2-23(29)15-7-17-19-13(9-26(17)21(27)14(15)10-31-22(23)28)12-5-6-30-20-11(8-24)3-4-16(25-19)18(12)20/h3-4,7,29H,2,5-6,8-10,24H2,1H3. The van der Waals surface area contributed by atoms with E-state index in [1.54, 1.807) is 17.6 Å². The smallest absolute Gasteiger partial charge is 0.343 e. The number of cyclic esters (lactones) is 1. The van der Waals surface area contributed by atoms with Crippen LogP contribution < -0.4 is 16.0 Å². The largest absolute Gasteiger partial charge is 0.492 e. The van der Waals surface area contributed by atoms with Gasteiger partial charge in [-0.2, -0.15) is 0 Å². The number of ether oxygens (including phenoxy) is 2. The van der Waals surface area contributed by atoms with E-state index < -0.39 is 11.6 Å². The Labute approximate surface area is 177 Å². The summed E-state index contributed by atoms with van der Waals surface area (Å²) in [7, 11) is 0. The van der Waals surface area contributed by atoms with Crippen molar-refractivity contribution in [3.05, 3.63) is 56.4 Å². The van der Waals surface area contributed by atoms with Crippen molar-refractivity contribution in [2.24, 2.45) is 5.73 Å². The van der Waals surface area contributed by atoms with Crippen molar-refractivity contribution >= 4 is 16.9 Å². The van der Waals surface area contributed by atoms with Crippen LogP contribution in [0.2, 0.25) is 0 Å². The van der Waals surface area contributed by atoms with E-state index >= 15 is 0 Å². The molecule has 8 nitrogen and oxygen atoms in total. The lowest BCUT2D eigenvalue weighted by molar-refractivity contribution is -0.172. The van der Waals surface area contributed by atoms with Gasteiger partial charge in [-0.05, 0) is 24.1 Å². The van der Waals surface area contributed by atoms with E-state index in [0.717, 1.165) is 33.3 Å². The third-order valence-corrected chi connectivity index (χ3v) is 6.82. The predicted molar refractivity (Wildman–Crippen MR) is 112 cm³/mol. The first-order valence-corrected chi connectivity index (χ1v) is 10.4. The quantitative estimate of drug-likeness (QED) is 0.473. The first-order chi connectivity index (χ1) is 15.0. The highest BCUT2D eigenvalue weighted by Gasteiger charge is 2.45. The molecular weight excluding hydrogens is 398 g/mol. The lowest BCUT2D eigenvalue weighted by Gasteiger charge is -2.31. The first-order valence-electron chi connectivity index (χ1n) is 10.4. The van der Waals surface area contributed by atoms with Crippen LogP contribution >= 0.6 is 0 Å². The third kappa shape index (κ3) is 2.23. The number of esters is 1. The Morgan fingerprint density at radius 2 is 2.06 bits per heavy atom. The molecule has 3 N–H and O–H groups in total. The van der Waals surface area contributed by atoms with Crippen LogP contribution in [0.1, 0.15) is 41.2 Å². The van der Waals surface area contributed by atoms with Gasteiger partial charge in [-0.1, -0.05) is 13.0 Å². The van der Waals surface area contributed by atoms with Gasteiger partial charge < -0.3 is 24.9 Å². The summed E-state index contributed by atoms with van der Waals surface area (Å²) in [6, 6.07) is 5.60. The molecule has 3 aliphatic rings. The van der Waals surface area contributed by atoms with Gasteiger partial charge >= 0.3 is 5.97 Å². The van der Waals surface area contributed by atoms with E-state index in [-0.39, 0.29) is 18.6 Å². The van der Waals surface area contributed by atoms with Crippen molar-refractivity contribution in [2.75, 3.05) is 6.61 Å². The Hall–Kier alpha value is -3.23. The van der Waals surface area contributed by atoms with Crippen LogP contribution in [0, 0.1) is 0 Å². The van der Waals surface area contributed by atoms with Crippen molar-refractivity contribution in [2.45, 2.75) is 45.1 Å². The number of benzene rings is 1. The molecule has 158 valence electrons. The summed E-state index contributed by atoms with van der Waals surface area (Å²) in [4.78, 5) is 30.6. The summed E-state index contributed by atoms with van der Waals surface area (Å²) in [5.74, 6) is 0.0567. The maximum Gasteiger partial charge on any atom is 0.343 e. The number of aromatic nitrogens is 2. The summed E-state index contributed by atoms with van der Waals surface area (Å²) in [6.07, 6.45) is 0.832. The van der Waals surface area contributed by atoms with Crippen LogP contribution in [0.4, 0.5) is 0 Å². The van der Waals surface area contributed by atoms with E-state index in [9.17, 15) is 14.7 Å². The van der Waals surface area contributed by atoms with E-state index in [1.807, 2.05) is 12.1 Å². The Balaban J connectivity index is 1.66. The molecular formula is C23H21N3O5. The molecule has 1 aromatic carbocycles. The maximum atomic E-state index is 13.4. The van der Waals surface area contributed by atoms with E-state index in [0.29, 0.717) is 48.6 Å². The average molecular weight is 419 g/mol. The summed E-state index contributed by atoms with van der Waals surface area (Å²) in [6.45, 7) is 2.86. The van der Waals surface area contributed by atoms with Gasteiger partial charge in [0.25, 0.3) is 5.56 Å². The van der Waals surface area contributed by atoms with Crippen molar-refractivity contribution in [1.82, 2.24) is 9.55 Å². The highest BCUT2D eigenvalue weighted by molar-refractivity contribution is 5.94. The van der Waals surface area contributed by atoms with Crippen LogP contribution in [-0.2, 0) is 41.2 Å². The Bertz CT molecular complexity index is 1380. The zero-order chi connectivity index (χ0) is 21.5. The number of aliphatic hydroxyl groups is 1. The minimum atomic E-state index is -1.83. The zero-order valence-electron chi connectivity index (χ0n) is 17.0. The van der Waals surface area contributed by atoms with Gasteiger partial charge in [-0.3, -0.25) is 4.79 Å². The normalized spacial score (nSPS) is 20.7. The summed E-state index contributed by atoms with van der Waals surface area (Å²) in [5.41, 5.74) is 9.63. The molecule has 6 rings (SSSR count). The molecule has 0 radical (unpaired) electrons. The van der Waals surface area contributed by atoms with Gasteiger partial charge in [0.1, 0.15) is 12.4 Å². The fraction of sp³-hybridized carbons (Fsp3) is 0.348. The number of carbonyl (C=O) groups excluding carboxylic acids is 1. The zero-order valence-corrected chi connectivity index (χ0v) is 17.0. The number of nitrogens with zero attached hydrogens (tertiary/aromatic N) is 2. The van der Waals surface area contributed by atoms with Crippen LogP contribution in [-0.4, -0.2) is 27.2 Å². The van der Waals surface area contributed by atoms with Gasteiger partial charge in [0.05, 0.1) is 35.6 Å². The molecule has 2 aromatic heterocycles. The molecule has 0 aliphatic carbocycles. The van der Waals surface area contributed by atoms with Crippen molar-refractivity contribution in [3.63, 3.8) is 0 Å². The average Bonchev–Trinajstić information content (AvgIpc) is 3.16. The number of hydrogen-bond acceptors (Lipinski definition) is 7. The number of nitrogens with two attached hydrogens (primary N) is 1. The summed E-state index contributed by atoms with van der Waals surface area (Å²) >= 11 is 0. The topological polar surface area (TPSA) is 117 Å². The summed E-state index contributed by atoms with van der Waals surface area (Å²) in [5, 5.41) is 12.0. The molecule has 3 aromatic rings. The molecule has 0 amide bonds. The highest BCUT2D eigenvalue weighted by atomic mass is 16.6. The molecule has 5 heterocycles. The van der Waals surface area contributed by atoms with Crippen molar-refractivity contribution in [3.8, 4) is 17.1 Å². The fourth-order valence-corrected chi connectivity index (χ4v) is 5.13. The Morgan fingerprint density at radius 1 is 1.23 bits per heavy atom. The molecule has 0 bridgehead atoms. The van der Waals surface area contributed by atoms with Gasteiger partial charge in [-0.25, -0.2) is 9.78 Å². The molecule has 1 unspecified atom stereocenters. The molecule has 0 saturated heterocycles. The molecule has 0 saturated carbocycles. The Kier molecular flexibility index (Phi) is 3.68. The second-order valence-corrected chi connectivity index (χ2v) is 8.27. The molecule has 31 heavy (non-hydrogen) atoms. The van der Waals surface area contributed by atoms with Gasteiger partial charge in [-0.15, -0.1) is 0 Å². The summed E-state index contributed by atoms with van der Waals surface area (Å²) < 4.78 is 12.7.